The molecule has 1 amide bonds. The number of hydrogen-bond acceptors (Lipinski definition) is 2. The molecule has 0 N–H and O–H groups in total. The van der Waals surface area contributed by atoms with Crippen molar-refractivity contribution in [2.24, 2.45) is 0 Å². The van der Waals surface area contributed by atoms with Crippen molar-refractivity contribution in [3.63, 3.8) is 0 Å². The molecule has 1 aliphatic rings. The average Bonchev–Trinajstić information content (AvgIpc) is 2.46. The zero-order chi connectivity index (χ0) is 13.2. The van der Waals surface area contributed by atoms with Crippen LogP contribution in [0.1, 0.15) is 27.9 Å². The van der Waals surface area contributed by atoms with Crippen LogP contribution in [0.4, 0.5) is 5.69 Å². The smallest absolute Gasteiger partial charge is 0.258 e. The van der Waals surface area contributed by atoms with Gasteiger partial charge in [-0.05, 0) is 43.0 Å². The molecular weight excluding hydrogens is 236 g/mol. The third-order valence-electron chi connectivity index (χ3n) is 3.61. The predicted molar refractivity (Wildman–Crippen MR) is 75.4 cm³/mol. The number of carbonyl (C=O) groups is 1. The fourth-order valence-electron chi connectivity index (χ4n) is 2.60. The number of hydrogen-bond donors (Lipinski definition) is 0. The normalized spacial score (nSPS) is 14.1. The summed E-state index contributed by atoms with van der Waals surface area (Å²) in [5.74, 6) is 0.0760. The monoisotopic (exact) mass is 252 g/mol. The summed E-state index contributed by atoms with van der Waals surface area (Å²) in [4.78, 5) is 18.6. The number of fused-ring (bicyclic) bond motifs is 1. The number of aryl methyl sites for hydroxylation is 2. The first-order valence-electron chi connectivity index (χ1n) is 6.58. The van der Waals surface area contributed by atoms with Gasteiger partial charge in [0, 0.05) is 30.2 Å². The van der Waals surface area contributed by atoms with Crippen molar-refractivity contribution in [3.8, 4) is 0 Å². The fraction of sp³-hybridized carbons (Fsp3) is 0.250. The Morgan fingerprint density at radius 2 is 2.11 bits per heavy atom. The highest BCUT2D eigenvalue weighted by atomic mass is 16.2. The lowest BCUT2D eigenvalue weighted by molar-refractivity contribution is 0.0984. The maximum atomic E-state index is 12.7. The number of carbonyl (C=O) groups excluding carboxylic acids is 1. The van der Waals surface area contributed by atoms with Crippen molar-refractivity contribution in [1.82, 2.24) is 4.98 Å². The van der Waals surface area contributed by atoms with E-state index in [2.05, 4.69) is 11.1 Å². The highest BCUT2D eigenvalue weighted by Gasteiger charge is 2.23. The lowest BCUT2D eigenvalue weighted by Gasteiger charge is -2.29. The molecule has 3 heteroatoms. The van der Waals surface area contributed by atoms with Crippen LogP contribution < -0.4 is 4.90 Å². The summed E-state index contributed by atoms with van der Waals surface area (Å²) >= 11 is 0. The van der Waals surface area contributed by atoms with Gasteiger partial charge in [-0.2, -0.15) is 0 Å². The van der Waals surface area contributed by atoms with Crippen molar-refractivity contribution in [3.05, 3.63) is 59.4 Å². The first-order chi connectivity index (χ1) is 9.27. The van der Waals surface area contributed by atoms with Crippen LogP contribution >= 0.6 is 0 Å². The number of para-hydroxylation sites is 1. The van der Waals surface area contributed by atoms with Gasteiger partial charge in [0.1, 0.15) is 0 Å². The maximum Gasteiger partial charge on any atom is 0.258 e. The number of amides is 1. The Morgan fingerprint density at radius 3 is 2.95 bits per heavy atom. The van der Waals surface area contributed by atoms with Crippen LogP contribution in [-0.4, -0.2) is 17.4 Å². The van der Waals surface area contributed by atoms with Crippen molar-refractivity contribution in [1.29, 1.82) is 0 Å². The average molecular weight is 252 g/mol. The van der Waals surface area contributed by atoms with Gasteiger partial charge in [0.15, 0.2) is 0 Å². The molecule has 1 aromatic heterocycles. The van der Waals surface area contributed by atoms with E-state index in [1.54, 1.807) is 18.5 Å². The molecule has 0 atom stereocenters. The number of anilines is 1. The van der Waals surface area contributed by atoms with E-state index in [1.807, 2.05) is 30.0 Å². The SMILES string of the molecule is Cc1cnccc1C(=O)N1CCCc2ccccc21. The predicted octanol–water partition coefficient (Wildman–Crippen LogP) is 2.98. The molecule has 3 rings (SSSR count). The summed E-state index contributed by atoms with van der Waals surface area (Å²) in [5.41, 5.74) is 3.98. The molecule has 0 spiro atoms. The largest absolute Gasteiger partial charge is 0.308 e. The Hall–Kier alpha value is -2.16. The van der Waals surface area contributed by atoms with Crippen molar-refractivity contribution in [2.45, 2.75) is 19.8 Å². The zero-order valence-corrected chi connectivity index (χ0v) is 11.0. The van der Waals surface area contributed by atoms with E-state index in [9.17, 15) is 4.79 Å². The molecule has 0 bridgehead atoms. The third-order valence-corrected chi connectivity index (χ3v) is 3.61. The lowest BCUT2D eigenvalue weighted by Crippen LogP contribution is -2.35. The first kappa shape index (κ1) is 11.9. The van der Waals surface area contributed by atoms with E-state index < -0.39 is 0 Å². The fourth-order valence-corrected chi connectivity index (χ4v) is 2.60. The van der Waals surface area contributed by atoms with E-state index in [0.29, 0.717) is 0 Å². The second-order valence-electron chi connectivity index (χ2n) is 4.88. The second kappa shape index (κ2) is 4.84. The van der Waals surface area contributed by atoms with E-state index in [0.717, 1.165) is 36.2 Å². The van der Waals surface area contributed by atoms with E-state index in [-0.39, 0.29) is 5.91 Å². The Balaban J connectivity index is 2.00. The van der Waals surface area contributed by atoms with Crippen LogP contribution in [0.5, 0.6) is 0 Å². The Bertz CT molecular complexity index is 622. The van der Waals surface area contributed by atoms with E-state index >= 15 is 0 Å². The minimum absolute atomic E-state index is 0.0760. The van der Waals surface area contributed by atoms with Gasteiger partial charge in [0.25, 0.3) is 5.91 Å². The van der Waals surface area contributed by atoms with Crippen LogP contribution in [0.3, 0.4) is 0 Å². The molecule has 0 saturated carbocycles. The van der Waals surface area contributed by atoms with Gasteiger partial charge in [-0.15, -0.1) is 0 Å². The highest BCUT2D eigenvalue weighted by Crippen LogP contribution is 2.28. The molecule has 3 nitrogen and oxygen atoms in total. The third kappa shape index (κ3) is 2.12. The standard InChI is InChI=1S/C16H16N2O/c1-12-11-17-9-8-14(12)16(19)18-10-4-6-13-5-2-3-7-15(13)18/h2-3,5,7-9,11H,4,6,10H2,1H3. The Labute approximate surface area is 112 Å². The first-order valence-corrected chi connectivity index (χ1v) is 6.58. The molecular formula is C16H16N2O. The molecule has 0 fully saturated rings. The quantitative estimate of drug-likeness (QED) is 0.781. The Kier molecular flexibility index (Phi) is 3.03. The van der Waals surface area contributed by atoms with Gasteiger partial charge in [0.2, 0.25) is 0 Å². The van der Waals surface area contributed by atoms with Gasteiger partial charge in [-0.3, -0.25) is 9.78 Å². The molecule has 2 aromatic rings. The van der Waals surface area contributed by atoms with Crippen LogP contribution in [0.15, 0.2) is 42.7 Å². The van der Waals surface area contributed by atoms with E-state index in [4.69, 9.17) is 0 Å². The van der Waals surface area contributed by atoms with Gasteiger partial charge < -0.3 is 4.90 Å². The minimum Gasteiger partial charge on any atom is -0.308 e. The molecule has 2 heterocycles. The molecule has 0 aliphatic carbocycles. The summed E-state index contributed by atoms with van der Waals surface area (Å²) in [6.07, 6.45) is 5.49. The van der Waals surface area contributed by atoms with Crippen molar-refractivity contribution < 1.29 is 4.79 Å². The molecule has 1 aromatic carbocycles. The minimum atomic E-state index is 0.0760. The number of pyridine rings is 1. The van der Waals surface area contributed by atoms with Gasteiger partial charge in [-0.25, -0.2) is 0 Å². The Morgan fingerprint density at radius 1 is 1.26 bits per heavy atom. The van der Waals surface area contributed by atoms with Crippen LogP contribution in [0.2, 0.25) is 0 Å². The van der Waals surface area contributed by atoms with Crippen molar-refractivity contribution in [2.75, 3.05) is 11.4 Å². The van der Waals surface area contributed by atoms with Crippen LogP contribution in [0.25, 0.3) is 0 Å². The zero-order valence-electron chi connectivity index (χ0n) is 11.0. The highest BCUT2D eigenvalue weighted by molar-refractivity contribution is 6.07. The van der Waals surface area contributed by atoms with Crippen LogP contribution in [-0.2, 0) is 6.42 Å². The number of aromatic nitrogens is 1. The van der Waals surface area contributed by atoms with Crippen LogP contribution in [0, 0.1) is 6.92 Å². The van der Waals surface area contributed by atoms with Gasteiger partial charge in [-0.1, -0.05) is 18.2 Å². The summed E-state index contributed by atoms with van der Waals surface area (Å²) in [6.45, 7) is 2.72. The lowest BCUT2D eigenvalue weighted by atomic mass is 10.0. The van der Waals surface area contributed by atoms with Crippen molar-refractivity contribution >= 4 is 11.6 Å². The van der Waals surface area contributed by atoms with Gasteiger partial charge in [0.05, 0.1) is 0 Å². The summed E-state index contributed by atoms with van der Waals surface area (Å²) < 4.78 is 0. The molecule has 96 valence electrons. The molecule has 0 radical (unpaired) electrons. The summed E-state index contributed by atoms with van der Waals surface area (Å²) in [6, 6.07) is 9.96. The molecule has 0 saturated heterocycles. The molecule has 19 heavy (non-hydrogen) atoms. The van der Waals surface area contributed by atoms with E-state index in [1.165, 1.54) is 5.56 Å². The molecule has 0 unspecified atom stereocenters. The molecule has 1 aliphatic heterocycles. The number of nitrogens with zero attached hydrogens (tertiary/aromatic N) is 2. The second-order valence-corrected chi connectivity index (χ2v) is 4.88. The maximum absolute atomic E-state index is 12.7. The topological polar surface area (TPSA) is 33.2 Å². The summed E-state index contributed by atoms with van der Waals surface area (Å²) in [7, 11) is 0. The van der Waals surface area contributed by atoms with Gasteiger partial charge >= 0.3 is 0 Å². The summed E-state index contributed by atoms with van der Waals surface area (Å²) in [5, 5.41) is 0. The number of rotatable bonds is 1. The number of benzene rings is 1.